The lowest BCUT2D eigenvalue weighted by molar-refractivity contribution is 0.346. The first-order valence-electron chi connectivity index (χ1n) is 6.77. The van der Waals surface area contributed by atoms with Crippen LogP contribution in [0.3, 0.4) is 0 Å². The maximum Gasteiger partial charge on any atom is 0.246 e. The predicted molar refractivity (Wildman–Crippen MR) is 80.8 cm³/mol. The lowest BCUT2D eigenvalue weighted by Crippen LogP contribution is -2.25. The zero-order chi connectivity index (χ0) is 17.7. The number of benzene rings is 1. The molecule has 0 aliphatic rings. The van der Waals surface area contributed by atoms with E-state index < -0.39 is 21.7 Å². The Kier molecular flexibility index (Phi) is 5.54. The number of halogens is 2. The van der Waals surface area contributed by atoms with Crippen molar-refractivity contribution in [3.63, 3.8) is 0 Å². The second-order valence-electron chi connectivity index (χ2n) is 4.69. The summed E-state index contributed by atoms with van der Waals surface area (Å²) in [6, 6.07) is 2.90. The van der Waals surface area contributed by atoms with Gasteiger partial charge in [-0.2, -0.15) is 4.72 Å². The standard InChI is InChI=1S/C15H14F2N2O4S/c1-10-15(11(2)23-19-10)24(20,21)18-7-3-4-8-22-14-6-5-12(16)9-13(14)17/h5-6,9,18H,7-8H2,1-2H3. The molecule has 0 aliphatic carbocycles. The average Bonchev–Trinajstić information content (AvgIpc) is 2.84. The minimum absolute atomic E-state index is 0.0195. The topological polar surface area (TPSA) is 81.4 Å². The minimum atomic E-state index is -3.78. The Morgan fingerprint density at radius 3 is 2.67 bits per heavy atom. The van der Waals surface area contributed by atoms with Crippen molar-refractivity contribution in [2.75, 3.05) is 13.2 Å². The van der Waals surface area contributed by atoms with E-state index in [2.05, 4.69) is 21.7 Å². The van der Waals surface area contributed by atoms with Gasteiger partial charge in [-0.05, 0) is 26.0 Å². The number of rotatable bonds is 5. The van der Waals surface area contributed by atoms with Gasteiger partial charge in [-0.3, -0.25) is 0 Å². The van der Waals surface area contributed by atoms with Crippen LogP contribution in [-0.4, -0.2) is 26.7 Å². The highest BCUT2D eigenvalue weighted by Gasteiger charge is 2.23. The lowest BCUT2D eigenvalue weighted by Gasteiger charge is -2.03. The highest BCUT2D eigenvalue weighted by Crippen LogP contribution is 2.18. The van der Waals surface area contributed by atoms with Crippen molar-refractivity contribution in [1.29, 1.82) is 0 Å². The van der Waals surface area contributed by atoms with E-state index in [0.29, 0.717) is 6.07 Å². The summed E-state index contributed by atoms with van der Waals surface area (Å²) in [4.78, 5) is -0.0195. The van der Waals surface area contributed by atoms with Crippen LogP contribution < -0.4 is 9.46 Å². The highest BCUT2D eigenvalue weighted by molar-refractivity contribution is 7.89. The smallest absolute Gasteiger partial charge is 0.246 e. The van der Waals surface area contributed by atoms with Crippen LogP contribution in [0.15, 0.2) is 27.6 Å². The molecule has 0 radical (unpaired) electrons. The number of sulfonamides is 1. The quantitative estimate of drug-likeness (QED) is 0.828. The summed E-state index contributed by atoms with van der Waals surface area (Å²) in [5.41, 5.74) is 0.253. The Morgan fingerprint density at radius 2 is 2.04 bits per heavy atom. The van der Waals surface area contributed by atoms with Gasteiger partial charge in [-0.15, -0.1) is 0 Å². The number of aryl methyl sites for hydroxylation is 2. The van der Waals surface area contributed by atoms with Crippen molar-refractivity contribution in [1.82, 2.24) is 9.88 Å². The molecule has 1 aromatic carbocycles. The molecule has 0 bridgehead atoms. The second kappa shape index (κ2) is 7.42. The van der Waals surface area contributed by atoms with Gasteiger partial charge in [-0.25, -0.2) is 17.2 Å². The van der Waals surface area contributed by atoms with Crippen molar-refractivity contribution in [3.05, 3.63) is 41.3 Å². The molecule has 1 aromatic heterocycles. The molecule has 2 aromatic rings. The van der Waals surface area contributed by atoms with Crippen LogP contribution >= 0.6 is 0 Å². The van der Waals surface area contributed by atoms with Crippen LogP contribution in [0.1, 0.15) is 11.5 Å². The molecule has 0 atom stereocenters. The summed E-state index contributed by atoms with van der Waals surface area (Å²) in [5, 5.41) is 3.58. The summed E-state index contributed by atoms with van der Waals surface area (Å²) < 4.78 is 62.3. The van der Waals surface area contributed by atoms with Gasteiger partial charge in [-0.1, -0.05) is 17.0 Å². The number of ether oxygens (including phenoxy) is 1. The molecule has 0 saturated carbocycles. The van der Waals surface area contributed by atoms with Gasteiger partial charge in [0, 0.05) is 6.07 Å². The molecule has 24 heavy (non-hydrogen) atoms. The number of hydrogen-bond donors (Lipinski definition) is 1. The normalized spacial score (nSPS) is 11.0. The van der Waals surface area contributed by atoms with Crippen LogP contribution in [0.25, 0.3) is 0 Å². The third-order valence-corrected chi connectivity index (χ3v) is 4.55. The van der Waals surface area contributed by atoms with Crippen molar-refractivity contribution in [2.45, 2.75) is 18.7 Å². The molecule has 6 nitrogen and oxygen atoms in total. The monoisotopic (exact) mass is 356 g/mol. The maximum absolute atomic E-state index is 13.3. The summed E-state index contributed by atoms with van der Waals surface area (Å²) in [5.74, 6) is 3.56. The molecule has 9 heteroatoms. The van der Waals surface area contributed by atoms with E-state index in [1.807, 2.05) is 0 Å². The van der Waals surface area contributed by atoms with E-state index in [1.165, 1.54) is 13.8 Å². The van der Waals surface area contributed by atoms with E-state index in [0.717, 1.165) is 12.1 Å². The third-order valence-electron chi connectivity index (χ3n) is 2.91. The molecule has 1 N–H and O–H groups in total. The fourth-order valence-corrected chi connectivity index (χ4v) is 3.13. The molecule has 1 heterocycles. The van der Waals surface area contributed by atoms with E-state index in [4.69, 9.17) is 9.26 Å². The van der Waals surface area contributed by atoms with E-state index >= 15 is 0 Å². The molecule has 0 amide bonds. The van der Waals surface area contributed by atoms with Crippen molar-refractivity contribution < 1.29 is 26.5 Å². The van der Waals surface area contributed by atoms with Gasteiger partial charge in [0.25, 0.3) is 0 Å². The van der Waals surface area contributed by atoms with E-state index in [-0.39, 0.29) is 35.3 Å². The number of aromatic nitrogens is 1. The van der Waals surface area contributed by atoms with Crippen LogP contribution in [0, 0.1) is 37.3 Å². The largest absolute Gasteiger partial charge is 0.478 e. The Morgan fingerprint density at radius 1 is 1.29 bits per heavy atom. The van der Waals surface area contributed by atoms with E-state index in [9.17, 15) is 17.2 Å². The molecule has 0 fully saturated rings. The van der Waals surface area contributed by atoms with E-state index in [1.54, 1.807) is 0 Å². The van der Waals surface area contributed by atoms with Gasteiger partial charge in [0.15, 0.2) is 17.3 Å². The van der Waals surface area contributed by atoms with Gasteiger partial charge < -0.3 is 9.26 Å². The van der Waals surface area contributed by atoms with Gasteiger partial charge in [0.2, 0.25) is 10.0 Å². The minimum Gasteiger partial charge on any atom is -0.478 e. The molecular formula is C15H14F2N2O4S. The van der Waals surface area contributed by atoms with Gasteiger partial charge in [0.05, 0.1) is 6.54 Å². The maximum atomic E-state index is 13.3. The van der Waals surface area contributed by atoms with Crippen LogP contribution in [0.5, 0.6) is 5.75 Å². The molecule has 2 rings (SSSR count). The van der Waals surface area contributed by atoms with Crippen molar-refractivity contribution >= 4 is 10.0 Å². The summed E-state index contributed by atoms with van der Waals surface area (Å²) in [6.07, 6.45) is 0. The summed E-state index contributed by atoms with van der Waals surface area (Å²) >= 11 is 0. The van der Waals surface area contributed by atoms with Crippen LogP contribution in [0.4, 0.5) is 8.78 Å². The Labute approximate surface area is 137 Å². The fraction of sp³-hybridized carbons (Fsp3) is 0.267. The fourth-order valence-electron chi connectivity index (χ4n) is 1.88. The Hall–Kier alpha value is -2.44. The summed E-state index contributed by atoms with van der Waals surface area (Å²) in [7, 11) is -3.78. The van der Waals surface area contributed by atoms with Gasteiger partial charge >= 0.3 is 0 Å². The lowest BCUT2D eigenvalue weighted by atomic mass is 10.3. The average molecular weight is 356 g/mol. The van der Waals surface area contributed by atoms with Crippen molar-refractivity contribution in [2.24, 2.45) is 0 Å². The molecule has 0 unspecified atom stereocenters. The highest BCUT2D eigenvalue weighted by atomic mass is 32.2. The Balaban J connectivity index is 1.88. The number of hydrogen-bond acceptors (Lipinski definition) is 5. The molecule has 0 aliphatic heterocycles. The molecule has 0 saturated heterocycles. The van der Waals surface area contributed by atoms with Crippen LogP contribution in [0.2, 0.25) is 0 Å². The first kappa shape index (κ1) is 17.9. The zero-order valence-electron chi connectivity index (χ0n) is 12.9. The summed E-state index contributed by atoms with van der Waals surface area (Å²) in [6.45, 7) is 2.67. The Bertz CT molecular complexity index is 878. The molecule has 0 spiro atoms. The van der Waals surface area contributed by atoms with Crippen LogP contribution in [-0.2, 0) is 10.0 Å². The number of nitrogens with one attached hydrogen (secondary N) is 1. The van der Waals surface area contributed by atoms with Gasteiger partial charge in [0.1, 0.15) is 23.0 Å². The third kappa shape index (κ3) is 4.31. The SMILES string of the molecule is Cc1noc(C)c1S(=O)(=O)NCC#CCOc1ccc(F)cc1F. The zero-order valence-corrected chi connectivity index (χ0v) is 13.7. The second-order valence-corrected chi connectivity index (χ2v) is 6.40. The molecule has 128 valence electrons. The first-order valence-corrected chi connectivity index (χ1v) is 8.25. The number of nitrogens with zero attached hydrogens (tertiary/aromatic N) is 1. The van der Waals surface area contributed by atoms with Crippen molar-refractivity contribution in [3.8, 4) is 17.6 Å². The predicted octanol–water partition coefficient (Wildman–Crippen LogP) is 1.93. The molecular weight excluding hydrogens is 342 g/mol. The first-order chi connectivity index (χ1) is 11.3.